The van der Waals surface area contributed by atoms with Crippen molar-refractivity contribution >= 4 is 11.3 Å². The highest BCUT2D eigenvalue weighted by molar-refractivity contribution is 7.14. The van der Waals surface area contributed by atoms with E-state index in [1.165, 1.54) is 0 Å². The van der Waals surface area contributed by atoms with Gasteiger partial charge in [-0.2, -0.15) is 0 Å². The van der Waals surface area contributed by atoms with Crippen LogP contribution in [0.1, 0.15) is 10.7 Å². The molecule has 0 aliphatic carbocycles. The van der Waals surface area contributed by atoms with Gasteiger partial charge in [0, 0.05) is 25.9 Å². The molecule has 0 radical (unpaired) electrons. The average molecular weight is 264 g/mol. The summed E-state index contributed by atoms with van der Waals surface area (Å²) < 4.78 is 4.96. The number of pyridine rings is 1. The molecule has 0 saturated carbocycles. The van der Waals surface area contributed by atoms with E-state index in [1.54, 1.807) is 18.4 Å². The van der Waals surface area contributed by atoms with Crippen LogP contribution in [0.4, 0.5) is 0 Å². The molecule has 2 rings (SSSR count). The Hall–Kier alpha value is -1.37. The van der Waals surface area contributed by atoms with Crippen LogP contribution in [0.3, 0.4) is 0 Å². The summed E-state index contributed by atoms with van der Waals surface area (Å²) in [5, 5.41) is 13.4. The molecule has 0 saturated heterocycles. The summed E-state index contributed by atoms with van der Waals surface area (Å²) in [6, 6.07) is 5.91. The number of ether oxygens (including phenoxy) is 1. The molecule has 0 amide bonds. The first-order valence-electron chi connectivity index (χ1n) is 5.75. The molecule has 96 valence electrons. The quantitative estimate of drug-likeness (QED) is 0.804. The van der Waals surface area contributed by atoms with Crippen LogP contribution in [0.15, 0.2) is 18.2 Å². The van der Waals surface area contributed by atoms with Crippen molar-refractivity contribution in [3.05, 3.63) is 28.9 Å². The Bertz CT molecular complexity index is 500. The largest absolute Gasteiger partial charge is 0.383 e. The van der Waals surface area contributed by atoms with E-state index in [0.29, 0.717) is 13.2 Å². The second kappa shape index (κ2) is 6.53. The lowest BCUT2D eigenvalue weighted by Crippen LogP contribution is -2.18. The van der Waals surface area contributed by atoms with E-state index < -0.39 is 0 Å². The van der Waals surface area contributed by atoms with Gasteiger partial charge in [-0.15, -0.1) is 10.2 Å². The van der Waals surface area contributed by atoms with Crippen molar-refractivity contribution in [2.45, 2.75) is 13.5 Å². The van der Waals surface area contributed by atoms with Gasteiger partial charge in [0.05, 0.1) is 6.61 Å². The minimum Gasteiger partial charge on any atom is -0.383 e. The molecule has 5 nitrogen and oxygen atoms in total. The Labute approximate surface area is 110 Å². The fraction of sp³-hybridized carbons (Fsp3) is 0.417. The van der Waals surface area contributed by atoms with Crippen LogP contribution in [0, 0.1) is 6.92 Å². The maximum Gasteiger partial charge on any atom is 0.166 e. The van der Waals surface area contributed by atoms with Gasteiger partial charge in [0.2, 0.25) is 0 Å². The molecule has 0 spiro atoms. The third-order valence-electron chi connectivity index (χ3n) is 2.33. The van der Waals surface area contributed by atoms with Crippen LogP contribution in [-0.4, -0.2) is 35.4 Å². The normalized spacial score (nSPS) is 10.8. The Kier molecular flexibility index (Phi) is 4.74. The maximum atomic E-state index is 4.96. The van der Waals surface area contributed by atoms with E-state index in [9.17, 15) is 0 Å². The van der Waals surface area contributed by atoms with Gasteiger partial charge in [0.15, 0.2) is 5.01 Å². The van der Waals surface area contributed by atoms with Crippen molar-refractivity contribution < 1.29 is 4.74 Å². The SMILES string of the molecule is COCCNCc1nnc(-c2cccc(C)n2)s1. The number of hydrogen-bond acceptors (Lipinski definition) is 6. The van der Waals surface area contributed by atoms with Gasteiger partial charge in [0.25, 0.3) is 0 Å². The highest BCUT2D eigenvalue weighted by Gasteiger charge is 2.07. The molecule has 2 heterocycles. The third kappa shape index (κ3) is 3.56. The second-order valence-electron chi connectivity index (χ2n) is 3.83. The van der Waals surface area contributed by atoms with Gasteiger partial charge in [-0.1, -0.05) is 17.4 Å². The lowest BCUT2D eigenvalue weighted by atomic mass is 10.3. The van der Waals surface area contributed by atoms with Gasteiger partial charge in [-0.3, -0.25) is 4.98 Å². The van der Waals surface area contributed by atoms with Crippen LogP contribution < -0.4 is 5.32 Å². The van der Waals surface area contributed by atoms with Gasteiger partial charge in [-0.25, -0.2) is 0 Å². The van der Waals surface area contributed by atoms with E-state index in [2.05, 4.69) is 20.5 Å². The summed E-state index contributed by atoms with van der Waals surface area (Å²) in [5.74, 6) is 0. The van der Waals surface area contributed by atoms with Crippen molar-refractivity contribution in [3.63, 3.8) is 0 Å². The number of aromatic nitrogens is 3. The number of aryl methyl sites for hydroxylation is 1. The standard InChI is InChI=1S/C12H16N4OS/c1-9-4-3-5-10(14-9)12-16-15-11(18-12)8-13-6-7-17-2/h3-5,13H,6-8H2,1-2H3. The van der Waals surface area contributed by atoms with Crippen molar-refractivity contribution in [1.82, 2.24) is 20.5 Å². The summed E-state index contributed by atoms with van der Waals surface area (Å²) >= 11 is 1.56. The van der Waals surface area contributed by atoms with Crippen LogP contribution in [0.5, 0.6) is 0 Å². The predicted molar refractivity (Wildman–Crippen MR) is 71.5 cm³/mol. The molecule has 0 bridgehead atoms. The van der Waals surface area contributed by atoms with E-state index >= 15 is 0 Å². The molecule has 6 heteroatoms. The summed E-state index contributed by atoms with van der Waals surface area (Å²) in [6.45, 7) is 4.20. The molecule has 0 unspecified atom stereocenters. The number of methoxy groups -OCH3 is 1. The lowest BCUT2D eigenvalue weighted by molar-refractivity contribution is 0.199. The highest BCUT2D eigenvalue weighted by Crippen LogP contribution is 2.21. The average Bonchev–Trinajstić information content (AvgIpc) is 2.83. The van der Waals surface area contributed by atoms with Gasteiger partial charge >= 0.3 is 0 Å². The van der Waals surface area contributed by atoms with E-state index in [4.69, 9.17) is 4.74 Å². The molecule has 2 aromatic rings. The van der Waals surface area contributed by atoms with Crippen molar-refractivity contribution in [3.8, 4) is 10.7 Å². The minimum atomic E-state index is 0.700. The van der Waals surface area contributed by atoms with Gasteiger partial charge < -0.3 is 10.1 Å². The topological polar surface area (TPSA) is 59.9 Å². The molecular weight excluding hydrogens is 248 g/mol. The molecule has 0 aromatic carbocycles. The number of nitrogens with zero attached hydrogens (tertiary/aromatic N) is 3. The van der Waals surface area contributed by atoms with Gasteiger partial charge in [0.1, 0.15) is 10.7 Å². The molecule has 18 heavy (non-hydrogen) atoms. The molecule has 2 aromatic heterocycles. The summed E-state index contributed by atoms with van der Waals surface area (Å²) in [5.41, 5.74) is 1.87. The van der Waals surface area contributed by atoms with Crippen LogP contribution in [-0.2, 0) is 11.3 Å². The van der Waals surface area contributed by atoms with Crippen LogP contribution in [0.2, 0.25) is 0 Å². The maximum absolute atomic E-state index is 4.96. The highest BCUT2D eigenvalue weighted by atomic mass is 32.1. The van der Waals surface area contributed by atoms with E-state index in [0.717, 1.165) is 27.9 Å². The van der Waals surface area contributed by atoms with Crippen molar-refractivity contribution in [2.24, 2.45) is 0 Å². The van der Waals surface area contributed by atoms with Gasteiger partial charge in [-0.05, 0) is 19.1 Å². The summed E-state index contributed by atoms with van der Waals surface area (Å²) in [4.78, 5) is 4.43. The molecule has 0 atom stereocenters. The summed E-state index contributed by atoms with van der Waals surface area (Å²) in [7, 11) is 1.69. The monoisotopic (exact) mass is 264 g/mol. The number of nitrogens with one attached hydrogen (secondary N) is 1. The van der Waals surface area contributed by atoms with E-state index in [1.807, 2.05) is 25.1 Å². The molecule has 1 N–H and O–H groups in total. The zero-order valence-electron chi connectivity index (χ0n) is 10.5. The molecule has 0 fully saturated rings. The Morgan fingerprint density at radius 2 is 2.22 bits per heavy atom. The predicted octanol–water partition coefficient (Wildman–Crippen LogP) is 1.64. The smallest absolute Gasteiger partial charge is 0.166 e. The van der Waals surface area contributed by atoms with E-state index in [-0.39, 0.29) is 0 Å². The zero-order valence-corrected chi connectivity index (χ0v) is 11.3. The van der Waals surface area contributed by atoms with Crippen molar-refractivity contribution in [2.75, 3.05) is 20.3 Å². The first-order valence-corrected chi connectivity index (χ1v) is 6.57. The third-order valence-corrected chi connectivity index (χ3v) is 3.28. The number of rotatable bonds is 6. The Balaban J connectivity index is 1.97. The fourth-order valence-electron chi connectivity index (χ4n) is 1.46. The van der Waals surface area contributed by atoms with Crippen LogP contribution in [0.25, 0.3) is 10.7 Å². The minimum absolute atomic E-state index is 0.700. The molecular formula is C12H16N4OS. The number of hydrogen-bond donors (Lipinski definition) is 1. The van der Waals surface area contributed by atoms with Crippen LogP contribution >= 0.6 is 11.3 Å². The first kappa shape index (κ1) is 13.1. The lowest BCUT2D eigenvalue weighted by Gasteiger charge is -1.99. The van der Waals surface area contributed by atoms with Crippen molar-refractivity contribution in [1.29, 1.82) is 0 Å². The Morgan fingerprint density at radius 3 is 3.00 bits per heavy atom. The Morgan fingerprint density at radius 1 is 1.33 bits per heavy atom. The molecule has 0 aliphatic rings. The second-order valence-corrected chi connectivity index (χ2v) is 4.90. The fourth-order valence-corrected chi connectivity index (χ4v) is 2.24. The summed E-state index contributed by atoms with van der Waals surface area (Å²) in [6.07, 6.45) is 0. The molecule has 0 aliphatic heterocycles. The first-order chi connectivity index (χ1) is 8.79. The zero-order chi connectivity index (χ0) is 12.8.